The monoisotopic (exact) mass is 371 g/mol. The van der Waals surface area contributed by atoms with Crippen molar-refractivity contribution in [3.8, 4) is 0 Å². The van der Waals surface area contributed by atoms with Crippen molar-refractivity contribution in [1.82, 2.24) is 14.8 Å². The Morgan fingerprint density at radius 1 is 1.21 bits per heavy atom. The molecule has 1 aromatic rings. The molecule has 2 fully saturated rings. The Kier molecular flexibility index (Phi) is 7.98. The molecule has 1 saturated carbocycles. The van der Waals surface area contributed by atoms with Crippen LogP contribution >= 0.6 is 23.7 Å². The molecule has 0 atom stereocenters. The summed E-state index contributed by atoms with van der Waals surface area (Å²) in [5.74, 6) is 1.18. The van der Waals surface area contributed by atoms with Gasteiger partial charge in [0.2, 0.25) is 5.91 Å². The van der Waals surface area contributed by atoms with E-state index in [9.17, 15) is 4.79 Å². The van der Waals surface area contributed by atoms with Gasteiger partial charge in [-0.15, -0.1) is 23.7 Å². The highest BCUT2D eigenvalue weighted by Crippen LogP contribution is 2.27. The number of aryl methyl sites for hydroxylation is 1. The first-order valence-electron chi connectivity index (χ1n) is 9.12. The molecule has 3 rings (SSSR count). The van der Waals surface area contributed by atoms with Gasteiger partial charge < -0.3 is 4.90 Å². The molecule has 0 N–H and O–H groups in total. The van der Waals surface area contributed by atoms with Crippen molar-refractivity contribution >= 4 is 29.7 Å². The highest BCUT2D eigenvalue weighted by molar-refractivity contribution is 7.09. The quantitative estimate of drug-likeness (QED) is 0.788. The van der Waals surface area contributed by atoms with E-state index >= 15 is 0 Å². The highest BCUT2D eigenvalue weighted by Gasteiger charge is 2.22. The van der Waals surface area contributed by atoms with Crippen molar-refractivity contribution < 1.29 is 4.79 Å². The molecule has 0 radical (unpaired) electrons. The summed E-state index contributed by atoms with van der Waals surface area (Å²) < 4.78 is 0. The van der Waals surface area contributed by atoms with E-state index in [-0.39, 0.29) is 12.4 Å². The van der Waals surface area contributed by atoms with Crippen LogP contribution in [0.1, 0.15) is 55.6 Å². The van der Waals surface area contributed by atoms with E-state index < -0.39 is 0 Å². The molecule has 4 nitrogen and oxygen atoms in total. The predicted molar refractivity (Wildman–Crippen MR) is 102 cm³/mol. The minimum atomic E-state index is 0. The number of amides is 1. The average molecular weight is 372 g/mol. The minimum Gasteiger partial charge on any atom is -0.340 e. The molecule has 136 valence electrons. The first kappa shape index (κ1) is 19.7. The summed E-state index contributed by atoms with van der Waals surface area (Å²) in [5.41, 5.74) is 1.11. The topological polar surface area (TPSA) is 36.4 Å². The number of piperazine rings is 1. The van der Waals surface area contributed by atoms with Gasteiger partial charge in [-0.2, -0.15) is 0 Å². The Labute approximate surface area is 156 Å². The summed E-state index contributed by atoms with van der Waals surface area (Å²) in [6.07, 6.45) is 8.68. The Morgan fingerprint density at radius 3 is 2.54 bits per heavy atom. The zero-order chi connectivity index (χ0) is 16.1. The molecule has 1 aliphatic heterocycles. The molecule has 2 aliphatic rings. The zero-order valence-corrected chi connectivity index (χ0v) is 16.3. The maximum atomic E-state index is 12.4. The molecule has 1 aliphatic carbocycles. The number of carbonyl (C=O) groups excluding carboxylic acids is 1. The number of nitrogens with zero attached hydrogens (tertiary/aromatic N) is 3. The van der Waals surface area contributed by atoms with Crippen LogP contribution in [0.3, 0.4) is 0 Å². The molecule has 0 bridgehead atoms. The minimum absolute atomic E-state index is 0. The second kappa shape index (κ2) is 9.73. The number of hydrogen-bond acceptors (Lipinski definition) is 4. The van der Waals surface area contributed by atoms with Gasteiger partial charge in [-0.1, -0.05) is 32.1 Å². The third-order valence-electron chi connectivity index (χ3n) is 5.24. The summed E-state index contributed by atoms with van der Waals surface area (Å²) in [7, 11) is 0. The Morgan fingerprint density at radius 2 is 1.92 bits per heavy atom. The van der Waals surface area contributed by atoms with Crippen molar-refractivity contribution in [2.24, 2.45) is 5.92 Å². The van der Waals surface area contributed by atoms with Crippen LogP contribution in [0.25, 0.3) is 0 Å². The smallest absolute Gasteiger partial charge is 0.222 e. The first-order chi connectivity index (χ1) is 11.2. The zero-order valence-electron chi connectivity index (χ0n) is 14.7. The van der Waals surface area contributed by atoms with E-state index in [2.05, 4.69) is 20.2 Å². The molecule has 0 aromatic carbocycles. The fourth-order valence-electron chi connectivity index (χ4n) is 3.78. The average Bonchev–Trinajstić information content (AvgIpc) is 2.99. The van der Waals surface area contributed by atoms with Gasteiger partial charge in [0.15, 0.2) is 0 Å². The largest absolute Gasteiger partial charge is 0.340 e. The van der Waals surface area contributed by atoms with Crippen LogP contribution < -0.4 is 0 Å². The fourth-order valence-corrected chi connectivity index (χ4v) is 4.60. The third kappa shape index (κ3) is 5.71. The van der Waals surface area contributed by atoms with Gasteiger partial charge in [0.05, 0.1) is 6.54 Å². The van der Waals surface area contributed by atoms with E-state index in [1.165, 1.54) is 37.1 Å². The molecule has 1 amide bonds. The SMILES string of the molecule is Cc1csc(CN2CCN(C(=O)CCC3CCCCC3)CC2)n1.Cl. The van der Waals surface area contributed by atoms with Gasteiger partial charge in [0.1, 0.15) is 5.01 Å². The van der Waals surface area contributed by atoms with Crippen LogP contribution in [0, 0.1) is 12.8 Å². The molecule has 1 saturated heterocycles. The number of hydrogen-bond donors (Lipinski definition) is 0. The Hall–Kier alpha value is -0.650. The van der Waals surface area contributed by atoms with Gasteiger partial charge in [-0.3, -0.25) is 9.69 Å². The summed E-state index contributed by atoms with van der Waals surface area (Å²) in [6.45, 7) is 6.70. The van der Waals surface area contributed by atoms with Crippen molar-refractivity contribution in [1.29, 1.82) is 0 Å². The van der Waals surface area contributed by atoms with Gasteiger partial charge in [0.25, 0.3) is 0 Å². The summed E-state index contributed by atoms with van der Waals surface area (Å²) in [6, 6.07) is 0. The lowest BCUT2D eigenvalue weighted by atomic mass is 9.86. The normalized spacial score (nSPS) is 20.0. The predicted octanol–water partition coefficient (Wildman–Crippen LogP) is 3.88. The highest BCUT2D eigenvalue weighted by atomic mass is 35.5. The van der Waals surface area contributed by atoms with Crippen molar-refractivity contribution in [2.45, 2.75) is 58.4 Å². The van der Waals surface area contributed by atoms with E-state index in [1.54, 1.807) is 11.3 Å². The van der Waals surface area contributed by atoms with E-state index in [0.29, 0.717) is 5.91 Å². The van der Waals surface area contributed by atoms with Crippen LogP contribution in [-0.4, -0.2) is 46.9 Å². The van der Waals surface area contributed by atoms with Gasteiger partial charge in [0, 0.05) is 43.7 Å². The van der Waals surface area contributed by atoms with Gasteiger partial charge in [-0.05, 0) is 19.3 Å². The molecule has 2 heterocycles. The van der Waals surface area contributed by atoms with Crippen molar-refractivity contribution in [3.63, 3.8) is 0 Å². The summed E-state index contributed by atoms with van der Waals surface area (Å²) >= 11 is 1.74. The molecule has 6 heteroatoms. The number of carbonyl (C=O) groups is 1. The van der Waals surface area contributed by atoms with Crippen LogP contribution in [-0.2, 0) is 11.3 Å². The molecular weight excluding hydrogens is 342 g/mol. The number of thiazole rings is 1. The Balaban J connectivity index is 0.00000208. The van der Waals surface area contributed by atoms with Crippen LogP contribution in [0.4, 0.5) is 0 Å². The standard InChI is InChI=1S/C18H29N3OS.ClH/c1-15-14-23-17(19-15)13-20-9-11-21(12-10-20)18(22)8-7-16-5-3-2-4-6-16;/h14,16H,2-13H2,1H3;1H. The number of rotatable bonds is 5. The van der Waals surface area contributed by atoms with E-state index in [1.807, 2.05) is 6.92 Å². The van der Waals surface area contributed by atoms with Crippen LogP contribution in [0.15, 0.2) is 5.38 Å². The molecule has 24 heavy (non-hydrogen) atoms. The molecule has 0 spiro atoms. The number of halogens is 1. The maximum absolute atomic E-state index is 12.4. The van der Waals surface area contributed by atoms with E-state index in [0.717, 1.165) is 57.2 Å². The molecule has 1 aromatic heterocycles. The van der Waals surface area contributed by atoms with Crippen LogP contribution in [0.2, 0.25) is 0 Å². The fraction of sp³-hybridized carbons (Fsp3) is 0.778. The van der Waals surface area contributed by atoms with Crippen molar-refractivity contribution in [3.05, 3.63) is 16.1 Å². The second-order valence-electron chi connectivity index (χ2n) is 7.08. The van der Waals surface area contributed by atoms with Crippen molar-refractivity contribution in [2.75, 3.05) is 26.2 Å². The Bertz CT molecular complexity index is 508. The van der Waals surface area contributed by atoms with E-state index in [4.69, 9.17) is 0 Å². The third-order valence-corrected chi connectivity index (χ3v) is 6.19. The lowest BCUT2D eigenvalue weighted by Crippen LogP contribution is -2.48. The molecular formula is C18H30ClN3OS. The van der Waals surface area contributed by atoms with Gasteiger partial charge >= 0.3 is 0 Å². The number of aromatic nitrogens is 1. The first-order valence-corrected chi connectivity index (χ1v) is 10.00. The second-order valence-corrected chi connectivity index (χ2v) is 8.02. The summed E-state index contributed by atoms with van der Waals surface area (Å²) in [5, 5.41) is 3.31. The lowest BCUT2D eigenvalue weighted by molar-refractivity contribution is -0.133. The lowest BCUT2D eigenvalue weighted by Gasteiger charge is -2.34. The van der Waals surface area contributed by atoms with Gasteiger partial charge in [-0.25, -0.2) is 4.98 Å². The summed E-state index contributed by atoms with van der Waals surface area (Å²) in [4.78, 5) is 21.4. The maximum Gasteiger partial charge on any atom is 0.222 e. The van der Waals surface area contributed by atoms with Crippen LogP contribution in [0.5, 0.6) is 0 Å². The molecule has 0 unspecified atom stereocenters.